The average Bonchev–Trinajstić information content (AvgIpc) is 2.96. The molecule has 0 bridgehead atoms. The molecule has 2 rings (SSSR count). The Morgan fingerprint density at radius 3 is 2.95 bits per heavy atom. The van der Waals surface area contributed by atoms with E-state index in [0.29, 0.717) is 12.1 Å². The molecule has 1 fully saturated rings. The van der Waals surface area contributed by atoms with Crippen LogP contribution in [0.3, 0.4) is 0 Å². The highest BCUT2D eigenvalue weighted by molar-refractivity contribution is 5.36. The molecule has 0 radical (unpaired) electrons. The first-order chi connectivity index (χ1) is 9.35. The van der Waals surface area contributed by atoms with Crippen LogP contribution in [-0.2, 0) is 4.74 Å². The summed E-state index contributed by atoms with van der Waals surface area (Å²) in [5.74, 6) is 1.00. The summed E-state index contributed by atoms with van der Waals surface area (Å²) in [7, 11) is 2.01. The average molecular weight is 263 g/mol. The molecule has 1 heterocycles. The van der Waals surface area contributed by atoms with Crippen molar-refractivity contribution in [2.75, 3.05) is 20.3 Å². The number of rotatable bonds is 7. The van der Waals surface area contributed by atoms with E-state index in [0.717, 1.165) is 31.8 Å². The molecule has 3 nitrogen and oxygen atoms in total. The van der Waals surface area contributed by atoms with Crippen molar-refractivity contribution in [1.82, 2.24) is 5.32 Å². The molecule has 2 atom stereocenters. The summed E-state index contributed by atoms with van der Waals surface area (Å²) in [6.45, 7) is 3.81. The summed E-state index contributed by atoms with van der Waals surface area (Å²) >= 11 is 0. The Bertz CT molecular complexity index is 375. The van der Waals surface area contributed by atoms with Gasteiger partial charge in [0.1, 0.15) is 5.75 Å². The third kappa shape index (κ3) is 3.95. The number of hydrogen-bond donors (Lipinski definition) is 1. The minimum Gasteiger partial charge on any atom is -0.493 e. The Morgan fingerprint density at radius 1 is 1.42 bits per heavy atom. The van der Waals surface area contributed by atoms with Crippen LogP contribution in [0.4, 0.5) is 0 Å². The van der Waals surface area contributed by atoms with Gasteiger partial charge in [0.05, 0.1) is 12.7 Å². The molecule has 0 aromatic heterocycles. The topological polar surface area (TPSA) is 30.5 Å². The second-order valence-electron chi connectivity index (χ2n) is 5.10. The van der Waals surface area contributed by atoms with Gasteiger partial charge in [-0.15, -0.1) is 0 Å². The molecule has 0 spiro atoms. The number of nitrogens with one attached hydrogen (secondary N) is 1. The zero-order chi connectivity index (χ0) is 13.5. The molecule has 1 aromatic carbocycles. The molecule has 1 N–H and O–H groups in total. The molecular weight excluding hydrogens is 238 g/mol. The van der Waals surface area contributed by atoms with E-state index in [4.69, 9.17) is 9.47 Å². The van der Waals surface area contributed by atoms with Gasteiger partial charge >= 0.3 is 0 Å². The zero-order valence-electron chi connectivity index (χ0n) is 12.0. The summed E-state index contributed by atoms with van der Waals surface area (Å²) in [5.41, 5.74) is 1.24. The molecule has 3 heteroatoms. The van der Waals surface area contributed by atoms with Crippen molar-refractivity contribution in [2.45, 2.75) is 44.8 Å². The third-order valence-electron chi connectivity index (χ3n) is 3.63. The normalized spacial score (nSPS) is 20.4. The summed E-state index contributed by atoms with van der Waals surface area (Å²) < 4.78 is 11.6. The smallest absolute Gasteiger partial charge is 0.124 e. The van der Waals surface area contributed by atoms with Gasteiger partial charge in [0.25, 0.3) is 0 Å². The molecule has 0 saturated carbocycles. The van der Waals surface area contributed by atoms with E-state index >= 15 is 0 Å². The van der Waals surface area contributed by atoms with Gasteiger partial charge in [0, 0.05) is 18.2 Å². The maximum Gasteiger partial charge on any atom is 0.124 e. The molecule has 1 saturated heterocycles. The van der Waals surface area contributed by atoms with Crippen LogP contribution in [0.1, 0.15) is 44.2 Å². The minimum absolute atomic E-state index is 0.302. The first kappa shape index (κ1) is 14.4. The predicted octanol–water partition coefficient (Wildman–Crippen LogP) is 3.31. The highest BCUT2D eigenvalue weighted by atomic mass is 16.5. The van der Waals surface area contributed by atoms with Gasteiger partial charge in [-0.05, 0) is 38.8 Å². The standard InChI is InChI=1S/C16H25NO2/c1-3-10-19-16-9-5-4-8-14(16)15(17-2)12-13-7-6-11-18-13/h4-5,8-9,13,15,17H,3,6-7,10-12H2,1-2H3. The van der Waals surface area contributed by atoms with E-state index in [1.807, 2.05) is 13.1 Å². The molecule has 1 aromatic rings. The lowest BCUT2D eigenvalue weighted by Gasteiger charge is -2.22. The van der Waals surface area contributed by atoms with E-state index in [-0.39, 0.29) is 0 Å². The van der Waals surface area contributed by atoms with Gasteiger partial charge in [-0.2, -0.15) is 0 Å². The summed E-state index contributed by atoms with van der Waals surface area (Å²) in [6, 6.07) is 8.63. The molecular formula is C16H25NO2. The number of benzene rings is 1. The Morgan fingerprint density at radius 2 is 2.26 bits per heavy atom. The van der Waals surface area contributed by atoms with Gasteiger partial charge in [-0.25, -0.2) is 0 Å². The maximum absolute atomic E-state index is 5.85. The molecule has 19 heavy (non-hydrogen) atoms. The summed E-state index contributed by atoms with van der Waals surface area (Å²) in [5, 5.41) is 3.40. The lowest BCUT2D eigenvalue weighted by molar-refractivity contribution is 0.0950. The highest BCUT2D eigenvalue weighted by Crippen LogP contribution is 2.30. The first-order valence-electron chi connectivity index (χ1n) is 7.35. The Balaban J connectivity index is 2.07. The van der Waals surface area contributed by atoms with Gasteiger partial charge in [-0.3, -0.25) is 0 Å². The SMILES string of the molecule is CCCOc1ccccc1C(CC1CCCO1)NC. The quantitative estimate of drug-likeness (QED) is 0.818. The van der Waals surface area contributed by atoms with Crippen molar-refractivity contribution < 1.29 is 9.47 Å². The van der Waals surface area contributed by atoms with Crippen molar-refractivity contribution in [2.24, 2.45) is 0 Å². The van der Waals surface area contributed by atoms with Gasteiger partial charge in [0.2, 0.25) is 0 Å². The monoisotopic (exact) mass is 263 g/mol. The van der Waals surface area contributed by atoms with Crippen molar-refractivity contribution in [3.63, 3.8) is 0 Å². The number of hydrogen-bond acceptors (Lipinski definition) is 3. The largest absolute Gasteiger partial charge is 0.493 e. The van der Waals surface area contributed by atoms with Crippen LogP contribution in [-0.4, -0.2) is 26.4 Å². The highest BCUT2D eigenvalue weighted by Gasteiger charge is 2.22. The van der Waals surface area contributed by atoms with Gasteiger partial charge in [0.15, 0.2) is 0 Å². The van der Waals surface area contributed by atoms with E-state index < -0.39 is 0 Å². The van der Waals surface area contributed by atoms with Gasteiger partial charge in [-0.1, -0.05) is 25.1 Å². The number of para-hydroxylation sites is 1. The van der Waals surface area contributed by atoms with Crippen LogP contribution in [0, 0.1) is 0 Å². The second-order valence-corrected chi connectivity index (χ2v) is 5.10. The zero-order valence-corrected chi connectivity index (χ0v) is 12.0. The van der Waals surface area contributed by atoms with Crippen molar-refractivity contribution >= 4 is 0 Å². The molecule has 1 aliphatic heterocycles. The Hall–Kier alpha value is -1.06. The van der Waals surface area contributed by atoms with E-state index in [2.05, 4.69) is 30.4 Å². The van der Waals surface area contributed by atoms with E-state index in [1.54, 1.807) is 0 Å². The summed E-state index contributed by atoms with van der Waals surface area (Å²) in [4.78, 5) is 0. The minimum atomic E-state index is 0.302. The van der Waals surface area contributed by atoms with Crippen molar-refractivity contribution in [3.8, 4) is 5.75 Å². The molecule has 0 amide bonds. The van der Waals surface area contributed by atoms with Crippen molar-refractivity contribution in [3.05, 3.63) is 29.8 Å². The predicted molar refractivity (Wildman–Crippen MR) is 77.6 cm³/mol. The molecule has 1 aliphatic rings. The van der Waals surface area contributed by atoms with Crippen LogP contribution < -0.4 is 10.1 Å². The Kier molecular flexibility index (Phi) is 5.67. The fourth-order valence-corrected chi connectivity index (χ4v) is 2.61. The molecule has 2 unspecified atom stereocenters. The van der Waals surface area contributed by atoms with E-state index in [1.165, 1.54) is 18.4 Å². The summed E-state index contributed by atoms with van der Waals surface area (Å²) in [6.07, 6.45) is 4.80. The van der Waals surface area contributed by atoms with Crippen LogP contribution in [0.5, 0.6) is 5.75 Å². The lowest BCUT2D eigenvalue weighted by atomic mass is 9.98. The van der Waals surface area contributed by atoms with E-state index in [9.17, 15) is 0 Å². The Labute approximate surface area is 116 Å². The molecule has 106 valence electrons. The lowest BCUT2D eigenvalue weighted by Crippen LogP contribution is -2.22. The van der Waals surface area contributed by atoms with Crippen LogP contribution in [0.2, 0.25) is 0 Å². The maximum atomic E-state index is 5.85. The first-order valence-corrected chi connectivity index (χ1v) is 7.35. The van der Waals surface area contributed by atoms with Gasteiger partial charge < -0.3 is 14.8 Å². The fraction of sp³-hybridized carbons (Fsp3) is 0.625. The third-order valence-corrected chi connectivity index (χ3v) is 3.63. The van der Waals surface area contributed by atoms with Crippen molar-refractivity contribution in [1.29, 1.82) is 0 Å². The second kappa shape index (κ2) is 7.51. The fourth-order valence-electron chi connectivity index (χ4n) is 2.61. The molecule has 0 aliphatic carbocycles. The van der Waals surface area contributed by atoms with Crippen LogP contribution in [0.15, 0.2) is 24.3 Å². The van der Waals surface area contributed by atoms with Crippen LogP contribution in [0.25, 0.3) is 0 Å². The number of ether oxygens (including phenoxy) is 2. The van der Waals surface area contributed by atoms with Crippen LogP contribution >= 0.6 is 0 Å².